The maximum atomic E-state index is 6.00. The van der Waals surface area contributed by atoms with Crippen LogP contribution in [0.3, 0.4) is 0 Å². The molecule has 1 heterocycles. The molecule has 148 valence electrons. The number of aromatic nitrogens is 2. The predicted octanol–water partition coefficient (Wildman–Crippen LogP) is 5.73. The summed E-state index contributed by atoms with van der Waals surface area (Å²) in [6, 6.07) is 26.9. The average Bonchev–Trinajstić information content (AvgIpc) is 3.19. The van der Waals surface area contributed by atoms with Crippen LogP contribution in [0.4, 0.5) is 11.4 Å². The van der Waals surface area contributed by atoms with E-state index in [-0.39, 0.29) is 5.11 Å². The Morgan fingerprint density at radius 1 is 0.867 bits per heavy atom. The molecule has 4 aromatic rings. The van der Waals surface area contributed by atoms with E-state index in [4.69, 9.17) is 22.7 Å². The maximum absolute atomic E-state index is 6.00. The number of benzene rings is 3. The summed E-state index contributed by atoms with van der Waals surface area (Å²) in [5, 5.41) is 13.8. The number of rotatable bonds is 5. The van der Waals surface area contributed by atoms with Crippen molar-refractivity contribution in [3.63, 3.8) is 0 Å². The number of methoxy groups -OCH3 is 1. The van der Waals surface area contributed by atoms with Gasteiger partial charge in [-0.3, -0.25) is 0 Å². The molecule has 1 aromatic heterocycles. The van der Waals surface area contributed by atoms with Gasteiger partial charge in [-0.25, -0.2) is 4.68 Å². The minimum absolute atomic E-state index is 0.129. The fraction of sp³-hybridized carbons (Fsp3) is 0.0435. The molecule has 0 amide bonds. The van der Waals surface area contributed by atoms with Crippen LogP contribution in [0.25, 0.3) is 22.5 Å². The summed E-state index contributed by atoms with van der Waals surface area (Å²) in [6.07, 6.45) is 0. The number of hydrogen-bond acceptors (Lipinski definition) is 5. The topological polar surface area (TPSA) is 77.8 Å². The van der Waals surface area contributed by atoms with Crippen LogP contribution in [-0.4, -0.2) is 22.0 Å². The Bertz CT molecular complexity index is 1200. The standard InChI is InChI=1S/C23H19N5OS/c1-29-19-15-9-8-14-18(19)25-26-21-20(16-10-4-2-5-11-16)27-28(23(24)30)22(21)17-12-6-3-7-13-17/h2-15H,1H3,(H2,24,30). The van der Waals surface area contributed by atoms with Crippen LogP contribution < -0.4 is 10.5 Å². The molecule has 0 aliphatic rings. The Morgan fingerprint density at radius 2 is 1.47 bits per heavy atom. The minimum Gasteiger partial charge on any atom is -0.494 e. The molecule has 0 atom stereocenters. The summed E-state index contributed by atoms with van der Waals surface area (Å²) >= 11 is 5.28. The van der Waals surface area contributed by atoms with E-state index in [2.05, 4.69) is 15.3 Å². The Morgan fingerprint density at radius 3 is 2.10 bits per heavy atom. The van der Waals surface area contributed by atoms with Crippen LogP contribution in [-0.2, 0) is 0 Å². The van der Waals surface area contributed by atoms with E-state index >= 15 is 0 Å². The first-order valence-corrected chi connectivity index (χ1v) is 9.68. The van der Waals surface area contributed by atoms with Crippen molar-refractivity contribution in [2.45, 2.75) is 0 Å². The van der Waals surface area contributed by atoms with Crippen molar-refractivity contribution in [1.29, 1.82) is 0 Å². The van der Waals surface area contributed by atoms with Gasteiger partial charge in [-0.05, 0) is 24.4 Å². The molecule has 0 bridgehead atoms. The highest BCUT2D eigenvalue weighted by Gasteiger charge is 2.22. The van der Waals surface area contributed by atoms with E-state index in [1.54, 1.807) is 7.11 Å². The number of nitrogens with zero attached hydrogens (tertiary/aromatic N) is 4. The molecular formula is C23H19N5OS. The second-order valence-electron chi connectivity index (χ2n) is 6.40. The largest absolute Gasteiger partial charge is 0.494 e. The van der Waals surface area contributed by atoms with Crippen molar-refractivity contribution in [3.05, 3.63) is 84.9 Å². The molecule has 0 aliphatic heterocycles. The SMILES string of the molecule is COc1ccccc1N=Nc1c(-c2ccccc2)nn(C(N)=S)c1-c1ccccc1. The molecule has 0 spiro atoms. The van der Waals surface area contributed by atoms with Crippen molar-refractivity contribution in [3.8, 4) is 28.3 Å². The van der Waals surface area contributed by atoms with Crippen molar-refractivity contribution < 1.29 is 4.74 Å². The molecule has 6 nitrogen and oxygen atoms in total. The van der Waals surface area contributed by atoms with Crippen molar-refractivity contribution in [2.75, 3.05) is 7.11 Å². The average molecular weight is 414 g/mol. The first-order valence-electron chi connectivity index (χ1n) is 9.27. The molecule has 0 unspecified atom stereocenters. The first kappa shape index (κ1) is 19.5. The monoisotopic (exact) mass is 413 g/mol. The number of thiocarbonyl (C=S) groups is 1. The van der Waals surface area contributed by atoms with Crippen molar-refractivity contribution >= 4 is 28.7 Å². The summed E-state index contributed by atoms with van der Waals surface area (Å²) < 4.78 is 6.92. The number of hydrogen-bond donors (Lipinski definition) is 1. The third-order valence-corrected chi connectivity index (χ3v) is 4.68. The van der Waals surface area contributed by atoms with Gasteiger partial charge < -0.3 is 10.5 Å². The Balaban J connectivity index is 1.96. The zero-order valence-electron chi connectivity index (χ0n) is 16.3. The lowest BCUT2D eigenvalue weighted by Crippen LogP contribution is -2.21. The molecule has 7 heteroatoms. The van der Waals surface area contributed by atoms with Gasteiger partial charge in [-0.15, -0.1) is 10.2 Å². The zero-order valence-corrected chi connectivity index (χ0v) is 17.1. The van der Waals surface area contributed by atoms with Crippen LogP contribution in [0.1, 0.15) is 0 Å². The van der Waals surface area contributed by atoms with E-state index in [0.717, 1.165) is 11.1 Å². The molecule has 30 heavy (non-hydrogen) atoms. The highest BCUT2D eigenvalue weighted by molar-refractivity contribution is 7.80. The molecule has 4 rings (SSSR count). The number of azo groups is 1. The highest BCUT2D eigenvalue weighted by atomic mass is 32.1. The van der Waals surface area contributed by atoms with E-state index < -0.39 is 0 Å². The molecule has 0 radical (unpaired) electrons. The number of para-hydroxylation sites is 1. The van der Waals surface area contributed by atoms with Gasteiger partial charge in [0.25, 0.3) is 0 Å². The number of nitrogens with two attached hydrogens (primary N) is 1. The molecule has 0 saturated carbocycles. The van der Waals surface area contributed by atoms with Gasteiger partial charge in [0.1, 0.15) is 28.5 Å². The second-order valence-corrected chi connectivity index (χ2v) is 6.82. The molecule has 3 aromatic carbocycles. The summed E-state index contributed by atoms with van der Waals surface area (Å²) in [7, 11) is 1.60. The summed E-state index contributed by atoms with van der Waals surface area (Å²) in [5.74, 6) is 0.630. The lowest BCUT2D eigenvalue weighted by atomic mass is 10.1. The van der Waals surface area contributed by atoms with E-state index in [1.807, 2.05) is 84.9 Å². The highest BCUT2D eigenvalue weighted by Crippen LogP contribution is 2.40. The van der Waals surface area contributed by atoms with Gasteiger partial charge in [-0.1, -0.05) is 72.8 Å². The van der Waals surface area contributed by atoms with Crippen LogP contribution in [0.5, 0.6) is 5.75 Å². The lowest BCUT2D eigenvalue weighted by molar-refractivity contribution is 0.416. The molecule has 0 saturated heterocycles. The normalized spacial score (nSPS) is 11.0. The van der Waals surface area contributed by atoms with Gasteiger partial charge in [0.05, 0.1) is 7.11 Å². The summed E-state index contributed by atoms with van der Waals surface area (Å²) in [4.78, 5) is 0. The number of ether oxygens (including phenoxy) is 1. The molecule has 2 N–H and O–H groups in total. The Hall–Kier alpha value is -3.84. The van der Waals surface area contributed by atoms with E-state index in [9.17, 15) is 0 Å². The fourth-order valence-electron chi connectivity index (χ4n) is 3.13. The summed E-state index contributed by atoms with van der Waals surface area (Å²) in [6.45, 7) is 0. The Labute approximate surface area is 179 Å². The van der Waals surface area contributed by atoms with Crippen LogP contribution in [0.15, 0.2) is 95.2 Å². The van der Waals surface area contributed by atoms with Gasteiger partial charge in [-0.2, -0.15) is 5.10 Å². The lowest BCUT2D eigenvalue weighted by Gasteiger charge is -2.06. The predicted molar refractivity (Wildman–Crippen MR) is 122 cm³/mol. The van der Waals surface area contributed by atoms with Crippen LogP contribution in [0.2, 0.25) is 0 Å². The molecule has 0 aliphatic carbocycles. The third kappa shape index (κ3) is 3.83. The quantitative estimate of drug-likeness (QED) is 0.335. The summed E-state index contributed by atoms with van der Waals surface area (Å²) in [5.41, 5.74) is 10.3. The van der Waals surface area contributed by atoms with E-state index in [1.165, 1.54) is 4.68 Å². The zero-order chi connectivity index (χ0) is 20.9. The maximum Gasteiger partial charge on any atom is 0.191 e. The third-order valence-electron chi connectivity index (χ3n) is 4.51. The van der Waals surface area contributed by atoms with Crippen LogP contribution in [0, 0.1) is 0 Å². The van der Waals surface area contributed by atoms with Gasteiger partial charge in [0, 0.05) is 11.1 Å². The van der Waals surface area contributed by atoms with Crippen molar-refractivity contribution in [2.24, 2.45) is 16.0 Å². The first-order chi connectivity index (χ1) is 14.7. The smallest absolute Gasteiger partial charge is 0.191 e. The molecular weight excluding hydrogens is 394 g/mol. The Kier molecular flexibility index (Phi) is 5.63. The van der Waals surface area contributed by atoms with Crippen molar-refractivity contribution in [1.82, 2.24) is 9.78 Å². The minimum atomic E-state index is 0.129. The van der Waals surface area contributed by atoms with Gasteiger partial charge >= 0.3 is 0 Å². The second kappa shape index (κ2) is 8.67. The van der Waals surface area contributed by atoms with E-state index in [0.29, 0.717) is 28.5 Å². The molecule has 0 fully saturated rings. The fourth-order valence-corrected chi connectivity index (χ4v) is 3.26. The van der Waals surface area contributed by atoms with Crippen LogP contribution >= 0.6 is 12.2 Å². The van der Waals surface area contributed by atoms with Gasteiger partial charge in [0.15, 0.2) is 5.11 Å². The van der Waals surface area contributed by atoms with Gasteiger partial charge in [0.2, 0.25) is 0 Å².